The van der Waals surface area contributed by atoms with Gasteiger partial charge in [0.2, 0.25) is 0 Å². The van der Waals surface area contributed by atoms with Crippen LogP contribution < -0.4 is 0 Å². The first-order valence-corrected chi connectivity index (χ1v) is 12.4. The van der Waals surface area contributed by atoms with Gasteiger partial charge in [0.15, 0.2) is 0 Å². The van der Waals surface area contributed by atoms with Crippen molar-refractivity contribution < 1.29 is 18.6 Å². The van der Waals surface area contributed by atoms with E-state index in [1.54, 1.807) is 36.4 Å². The number of piperazine rings is 1. The Morgan fingerprint density at radius 1 is 0.857 bits per heavy atom. The van der Waals surface area contributed by atoms with Gasteiger partial charge < -0.3 is 14.7 Å². The van der Waals surface area contributed by atoms with E-state index in [9.17, 15) is 13.9 Å². The number of nitrogens with zero attached hydrogens (tertiary/aromatic N) is 2. The number of rotatable bonds is 10. The maximum Gasteiger partial charge on any atom is 0.123 e. The maximum atomic E-state index is 13.7. The van der Waals surface area contributed by atoms with Crippen molar-refractivity contribution in [1.82, 2.24) is 9.80 Å². The molecule has 2 aromatic rings. The third kappa shape index (κ3) is 7.85. The van der Waals surface area contributed by atoms with Crippen LogP contribution in [0.1, 0.15) is 30.1 Å². The van der Waals surface area contributed by atoms with Gasteiger partial charge in [-0.3, -0.25) is 4.90 Å². The molecule has 2 aliphatic rings. The molecule has 1 aliphatic heterocycles. The fraction of sp³-hybridized carbons (Fsp3) is 0.379. The van der Waals surface area contributed by atoms with E-state index < -0.39 is 0 Å². The number of hydrogen-bond acceptors (Lipinski definition) is 4. The average Bonchev–Trinajstić information content (AvgIpc) is 3.09. The molecular formula is C29H34F2N2O2. The van der Waals surface area contributed by atoms with Crippen LogP contribution >= 0.6 is 0 Å². The minimum Gasteiger partial charge on any atom is -0.508 e. The van der Waals surface area contributed by atoms with E-state index >= 15 is 0 Å². The summed E-state index contributed by atoms with van der Waals surface area (Å²) < 4.78 is 33.4. The van der Waals surface area contributed by atoms with E-state index in [1.807, 2.05) is 18.2 Å². The molecule has 0 radical (unpaired) electrons. The van der Waals surface area contributed by atoms with Crippen molar-refractivity contribution >= 4 is 0 Å². The Kier molecular flexibility index (Phi) is 9.23. The molecule has 35 heavy (non-hydrogen) atoms. The second-order valence-corrected chi connectivity index (χ2v) is 9.14. The number of benzene rings is 2. The van der Waals surface area contributed by atoms with E-state index in [-0.39, 0.29) is 24.2 Å². The zero-order valence-electron chi connectivity index (χ0n) is 20.1. The van der Waals surface area contributed by atoms with Crippen LogP contribution in [0.4, 0.5) is 8.78 Å². The average molecular weight is 481 g/mol. The van der Waals surface area contributed by atoms with Gasteiger partial charge in [-0.2, -0.15) is 0 Å². The predicted molar refractivity (Wildman–Crippen MR) is 135 cm³/mol. The number of halogens is 2. The molecule has 186 valence electrons. The molecule has 1 aliphatic carbocycles. The van der Waals surface area contributed by atoms with Crippen LogP contribution in [0.5, 0.6) is 5.75 Å². The van der Waals surface area contributed by atoms with Crippen molar-refractivity contribution in [3.05, 3.63) is 101 Å². The molecule has 2 aromatic carbocycles. The van der Waals surface area contributed by atoms with Crippen LogP contribution in [-0.2, 0) is 11.2 Å². The third-order valence-corrected chi connectivity index (χ3v) is 6.59. The van der Waals surface area contributed by atoms with Crippen LogP contribution in [0.25, 0.3) is 0 Å². The van der Waals surface area contributed by atoms with E-state index in [2.05, 4.69) is 9.80 Å². The molecule has 0 bridgehead atoms. The van der Waals surface area contributed by atoms with Gasteiger partial charge in [-0.05, 0) is 66.4 Å². The van der Waals surface area contributed by atoms with Gasteiger partial charge in [0.1, 0.15) is 23.5 Å². The van der Waals surface area contributed by atoms with Gasteiger partial charge >= 0.3 is 0 Å². The summed E-state index contributed by atoms with van der Waals surface area (Å²) in [6.07, 6.45) is 8.96. The molecule has 0 saturated carbocycles. The van der Waals surface area contributed by atoms with Crippen LogP contribution in [0.15, 0.2) is 84.2 Å². The molecule has 1 unspecified atom stereocenters. The number of phenolic OH excluding ortho intramolecular Hbond substituents is 1. The summed E-state index contributed by atoms with van der Waals surface area (Å²) in [6.45, 7) is 6.51. The lowest BCUT2D eigenvalue weighted by Crippen LogP contribution is -2.47. The quantitative estimate of drug-likeness (QED) is 0.482. The van der Waals surface area contributed by atoms with Crippen molar-refractivity contribution in [3.63, 3.8) is 0 Å². The van der Waals surface area contributed by atoms with Gasteiger partial charge in [0.05, 0.1) is 6.61 Å². The molecular weight excluding hydrogens is 446 g/mol. The van der Waals surface area contributed by atoms with Gasteiger partial charge in [-0.1, -0.05) is 42.5 Å². The Balaban J connectivity index is 1.23. The van der Waals surface area contributed by atoms with Crippen molar-refractivity contribution in [1.29, 1.82) is 0 Å². The lowest BCUT2D eigenvalue weighted by molar-refractivity contribution is 0.0448. The molecule has 6 heteroatoms. The van der Waals surface area contributed by atoms with E-state index in [1.165, 1.54) is 23.8 Å². The van der Waals surface area contributed by atoms with E-state index in [0.717, 1.165) is 63.2 Å². The molecule has 0 spiro atoms. The summed E-state index contributed by atoms with van der Waals surface area (Å²) in [5, 5.41) is 9.40. The Labute approximate surface area is 206 Å². The second kappa shape index (κ2) is 12.8. The predicted octanol–water partition coefficient (Wildman–Crippen LogP) is 5.58. The number of phenols is 1. The minimum absolute atomic E-state index is 0.185. The van der Waals surface area contributed by atoms with Gasteiger partial charge in [0, 0.05) is 39.1 Å². The van der Waals surface area contributed by atoms with E-state index in [0.29, 0.717) is 12.4 Å². The normalized spacial score (nSPS) is 18.1. The summed E-state index contributed by atoms with van der Waals surface area (Å²) in [7, 11) is 0. The summed E-state index contributed by atoms with van der Waals surface area (Å²) in [5.41, 5.74) is 2.98. The highest BCUT2D eigenvalue weighted by Crippen LogP contribution is 2.29. The monoisotopic (exact) mass is 480 g/mol. The third-order valence-electron chi connectivity index (χ3n) is 6.59. The fourth-order valence-electron chi connectivity index (χ4n) is 4.52. The van der Waals surface area contributed by atoms with Gasteiger partial charge in [-0.15, -0.1) is 0 Å². The van der Waals surface area contributed by atoms with Crippen molar-refractivity contribution in [2.75, 3.05) is 45.9 Å². The second-order valence-electron chi connectivity index (χ2n) is 9.14. The smallest absolute Gasteiger partial charge is 0.123 e. The molecule has 1 fully saturated rings. The maximum absolute atomic E-state index is 13.7. The van der Waals surface area contributed by atoms with Crippen LogP contribution in [-0.4, -0.2) is 60.8 Å². The van der Waals surface area contributed by atoms with Crippen LogP contribution in [0, 0.1) is 5.82 Å². The SMILES string of the molecule is Oc1ccc(CCCN2CCN(CCOC(C3=CC=C(F)CC=C3)c3ccc(F)cc3)CC2)cc1. The van der Waals surface area contributed by atoms with Crippen LogP contribution in [0.3, 0.4) is 0 Å². The number of aryl methyl sites for hydroxylation is 1. The number of ether oxygens (including phenoxy) is 1. The minimum atomic E-state index is -0.366. The van der Waals surface area contributed by atoms with Crippen molar-refractivity contribution in [2.45, 2.75) is 25.4 Å². The molecule has 1 saturated heterocycles. The fourth-order valence-corrected chi connectivity index (χ4v) is 4.52. The molecule has 0 aromatic heterocycles. The first kappa shape index (κ1) is 25.3. The lowest BCUT2D eigenvalue weighted by atomic mass is 10.0. The first-order chi connectivity index (χ1) is 17.1. The number of aromatic hydroxyl groups is 1. The molecule has 1 heterocycles. The highest BCUT2D eigenvalue weighted by Gasteiger charge is 2.20. The largest absolute Gasteiger partial charge is 0.508 e. The Hall–Kier alpha value is -2.80. The molecule has 1 atom stereocenters. The topological polar surface area (TPSA) is 35.9 Å². The first-order valence-electron chi connectivity index (χ1n) is 12.4. The van der Waals surface area contributed by atoms with Crippen molar-refractivity contribution in [2.24, 2.45) is 0 Å². The summed E-state index contributed by atoms with van der Waals surface area (Å²) in [4.78, 5) is 4.91. The molecule has 4 rings (SSSR count). The van der Waals surface area contributed by atoms with E-state index in [4.69, 9.17) is 4.74 Å². The lowest BCUT2D eigenvalue weighted by Gasteiger charge is -2.35. The highest BCUT2D eigenvalue weighted by atomic mass is 19.1. The summed E-state index contributed by atoms with van der Waals surface area (Å²) in [5.74, 6) is -0.161. The Bertz CT molecular complexity index is 1020. The molecule has 0 amide bonds. The highest BCUT2D eigenvalue weighted by molar-refractivity contribution is 5.37. The van der Waals surface area contributed by atoms with Gasteiger partial charge in [0.25, 0.3) is 0 Å². The Morgan fingerprint density at radius 3 is 2.26 bits per heavy atom. The van der Waals surface area contributed by atoms with Crippen LogP contribution in [0.2, 0.25) is 0 Å². The van der Waals surface area contributed by atoms with Gasteiger partial charge in [-0.25, -0.2) is 8.78 Å². The number of allylic oxidation sites excluding steroid dienone is 4. The zero-order chi connectivity index (χ0) is 24.5. The zero-order valence-corrected chi connectivity index (χ0v) is 20.1. The summed E-state index contributed by atoms with van der Waals surface area (Å²) >= 11 is 0. The standard InChI is InChI=1S/C29H34F2N2O2/c30-26-5-1-4-24(8-11-26)29(25-9-12-27(31)13-10-25)35-22-21-33-19-17-32(18-20-33)16-2-3-23-6-14-28(34)15-7-23/h1,4,6-15,29,34H,2-3,5,16-22H2. The number of hydrogen-bond donors (Lipinski definition) is 1. The molecule has 4 nitrogen and oxygen atoms in total. The summed E-state index contributed by atoms with van der Waals surface area (Å²) in [6, 6.07) is 13.8. The molecule has 1 N–H and O–H groups in total. The van der Waals surface area contributed by atoms with Crippen molar-refractivity contribution in [3.8, 4) is 5.75 Å². The Morgan fingerprint density at radius 2 is 1.54 bits per heavy atom.